The van der Waals surface area contributed by atoms with Crippen LogP contribution in [0.1, 0.15) is 31.4 Å². The number of methoxy groups -OCH3 is 2. The molecule has 2 aliphatic rings. The van der Waals surface area contributed by atoms with Crippen LogP contribution < -0.4 is 21.3 Å². The highest BCUT2D eigenvalue weighted by molar-refractivity contribution is 6.43. The lowest BCUT2D eigenvalue weighted by Crippen LogP contribution is -2.51. The molecular formula is C31H35Cl2N5O6. The van der Waals surface area contributed by atoms with E-state index in [-0.39, 0.29) is 46.7 Å². The lowest BCUT2D eigenvalue weighted by atomic mass is 10.0. The van der Waals surface area contributed by atoms with Gasteiger partial charge in [-0.3, -0.25) is 18.7 Å². The molecule has 0 aliphatic carbocycles. The summed E-state index contributed by atoms with van der Waals surface area (Å²) >= 11 is 12.7. The van der Waals surface area contributed by atoms with Crippen molar-refractivity contribution in [3.05, 3.63) is 79.0 Å². The molecule has 0 spiro atoms. The number of benzene rings is 2. The van der Waals surface area contributed by atoms with Crippen molar-refractivity contribution in [2.75, 3.05) is 45.8 Å². The number of carbonyl (C=O) groups excluding carboxylic acids is 2. The molecule has 234 valence electrons. The average Bonchev–Trinajstić information content (AvgIpc) is 3.17. The van der Waals surface area contributed by atoms with Crippen LogP contribution in [-0.2, 0) is 22.5 Å². The standard InChI is InChI=1S/C31H35Cl2N5O6/c1-19(18-43-2)38-29(40)24(23-5-4-6-25(32)28(23)33)16-36(31(38)42)17-27(39)35-12-10-21(11-13-35)37-14-9-20-15-22(44-3)7-8-26(20)34-30(37)41/h4-8,15-16,19,21H,9-14,17-18H2,1-3H3,(H,34,41)/t19-/m0/s1. The summed E-state index contributed by atoms with van der Waals surface area (Å²) in [7, 11) is 3.09. The van der Waals surface area contributed by atoms with E-state index in [0.717, 1.165) is 21.6 Å². The van der Waals surface area contributed by atoms with E-state index in [1.165, 1.54) is 17.9 Å². The zero-order chi connectivity index (χ0) is 31.5. The zero-order valence-electron chi connectivity index (χ0n) is 24.8. The number of hydrogen-bond donors (Lipinski definition) is 1. The first-order chi connectivity index (χ1) is 21.1. The number of anilines is 1. The number of carbonyl (C=O) groups is 2. The molecule has 1 N–H and O–H groups in total. The summed E-state index contributed by atoms with van der Waals surface area (Å²) in [5.41, 5.74) is 1.12. The second-order valence-electron chi connectivity index (χ2n) is 11.0. The molecule has 13 heteroatoms. The number of ether oxygens (including phenoxy) is 2. The van der Waals surface area contributed by atoms with E-state index in [1.807, 2.05) is 23.1 Å². The molecule has 0 radical (unpaired) electrons. The number of halogens is 2. The Balaban J connectivity index is 1.32. The van der Waals surface area contributed by atoms with Crippen LogP contribution in [0.2, 0.25) is 10.0 Å². The summed E-state index contributed by atoms with van der Waals surface area (Å²) in [6, 6.07) is 9.73. The first kappa shape index (κ1) is 31.6. The minimum absolute atomic E-state index is 0.0358. The molecule has 44 heavy (non-hydrogen) atoms. The van der Waals surface area contributed by atoms with Crippen LogP contribution in [0, 0.1) is 0 Å². The fourth-order valence-corrected chi connectivity index (χ4v) is 6.31. The molecular weight excluding hydrogens is 609 g/mol. The molecule has 2 aromatic carbocycles. The van der Waals surface area contributed by atoms with E-state index >= 15 is 0 Å². The van der Waals surface area contributed by atoms with Crippen LogP contribution in [0.5, 0.6) is 5.75 Å². The highest BCUT2D eigenvalue weighted by atomic mass is 35.5. The average molecular weight is 645 g/mol. The van der Waals surface area contributed by atoms with E-state index in [4.69, 9.17) is 32.7 Å². The van der Waals surface area contributed by atoms with Crippen molar-refractivity contribution < 1.29 is 19.1 Å². The van der Waals surface area contributed by atoms with Crippen LogP contribution in [0.25, 0.3) is 11.1 Å². The van der Waals surface area contributed by atoms with Gasteiger partial charge in [0.25, 0.3) is 5.56 Å². The van der Waals surface area contributed by atoms with Crippen LogP contribution in [0.4, 0.5) is 10.5 Å². The van der Waals surface area contributed by atoms with Crippen LogP contribution >= 0.6 is 23.2 Å². The number of nitrogens with zero attached hydrogens (tertiary/aromatic N) is 4. The number of amides is 3. The number of nitrogens with one attached hydrogen (secondary N) is 1. The fourth-order valence-electron chi connectivity index (χ4n) is 5.91. The summed E-state index contributed by atoms with van der Waals surface area (Å²) in [5, 5.41) is 3.45. The number of fused-ring (bicyclic) bond motifs is 1. The maximum Gasteiger partial charge on any atom is 0.331 e. The van der Waals surface area contributed by atoms with Crippen LogP contribution in [0.3, 0.4) is 0 Å². The Bertz CT molecular complexity index is 1680. The van der Waals surface area contributed by atoms with Crippen molar-refractivity contribution >= 4 is 40.8 Å². The zero-order valence-corrected chi connectivity index (χ0v) is 26.4. The van der Waals surface area contributed by atoms with Crippen molar-refractivity contribution in [2.24, 2.45) is 0 Å². The predicted molar refractivity (Wildman–Crippen MR) is 169 cm³/mol. The molecule has 1 fully saturated rings. The second-order valence-corrected chi connectivity index (χ2v) is 11.8. The molecule has 3 heterocycles. The molecule has 3 aromatic rings. The van der Waals surface area contributed by atoms with Crippen LogP contribution in [-0.4, -0.2) is 77.4 Å². The van der Waals surface area contributed by atoms with Crippen molar-refractivity contribution in [3.8, 4) is 16.9 Å². The van der Waals surface area contributed by atoms with Gasteiger partial charge in [-0.1, -0.05) is 35.3 Å². The Morgan fingerprint density at radius 2 is 1.80 bits per heavy atom. The van der Waals surface area contributed by atoms with Gasteiger partial charge in [0.05, 0.1) is 35.4 Å². The quantitative estimate of drug-likeness (QED) is 0.392. The first-order valence-corrected chi connectivity index (χ1v) is 15.2. The molecule has 5 rings (SSSR count). The van der Waals surface area contributed by atoms with Gasteiger partial charge in [-0.05, 0) is 56.0 Å². The van der Waals surface area contributed by atoms with Gasteiger partial charge in [-0.15, -0.1) is 0 Å². The number of aromatic nitrogens is 2. The Kier molecular flexibility index (Phi) is 9.67. The lowest BCUT2D eigenvalue weighted by molar-refractivity contribution is -0.133. The van der Waals surface area contributed by atoms with Crippen molar-refractivity contribution in [2.45, 2.75) is 44.8 Å². The number of likely N-dealkylation sites (tertiary alicyclic amines) is 1. The van der Waals surface area contributed by atoms with Crippen molar-refractivity contribution in [1.82, 2.24) is 18.9 Å². The summed E-state index contributed by atoms with van der Waals surface area (Å²) in [6.45, 7) is 2.95. The molecule has 11 nitrogen and oxygen atoms in total. The highest BCUT2D eigenvalue weighted by Gasteiger charge is 2.32. The molecule has 0 unspecified atom stereocenters. The van der Waals surface area contributed by atoms with Crippen LogP contribution in [0.15, 0.2) is 52.2 Å². The van der Waals surface area contributed by atoms with E-state index in [2.05, 4.69) is 5.32 Å². The minimum Gasteiger partial charge on any atom is -0.497 e. The van der Waals surface area contributed by atoms with Gasteiger partial charge >= 0.3 is 11.7 Å². The summed E-state index contributed by atoms with van der Waals surface area (Å²) < 4.78 is 12.9. The summed E-state index contributed by atoms with van der Waals surface area (Å²) in [6.07, 6.45) is 3.25. The molecule has 0 saturated carbocycles. The molecule has 1 saturated heterocycles. The monoisotopic (exact) mass is 643 g/mol. The van der Waals surface area contributed by atoms with Gasteiger partial charge in [0.15, 0.2) is 0 Å². The molecule has 3 amide bonds. The van der Waals surface area contributed by atoms with Gasteiger partial charge in [-0.2, -0.15) is 0 Å². The maximum atomic E-state index is 13.5. The Labute approximate surface area is 264 Å². The molecule has 0 bridgehead atoms. The Morgan fingerprint density at radius 3 is 2.50 bits per heavy atom. The smallest absolute Gasteiger partial charge is 0.331 e. The molecule has 1 atom stereocenters. The largest absolute Gasteiger partial charge is 0.497 e. The molecule has 1 aromatic heterocycles. The number of hydrogen-bond acceptors (Lipinski definition) is 6. The first-order valence-electron chi connectivity index (χ1n) is 14.4. The van der Waals surface area contributed by atoms with E-state index in [0.29, 0.717) is 44.5 Å². The van der Waals surface area contributed by atoms with Gasteiger partial charge in [0, 0.05) is 50.2 Å². The topological polar surface area (TPSA) is 115 Å². The van der Waals surface area contributed by atoms with Crippen molar-refractivity contribution in [3.63, 3.8) is 0 Å². The van der Waals surface area contributed by atoms with Gasteiger partial charge < -0.3 is 24.6 Å². The fraction of sp³-hybridized carbons (Fsp3) is 0.419. The lowest BCUT2D eigenvalue weighted by Gasteiger charge is -2.38. The highest BCUT2D eigenvalue weighted by Crippen LogP contribution is 2.32. The SMILES string of the molecule is COC[C@H](C)n1c(=O)c(-c2cccc(Cl)c2Cl)cn(CC(=O)N2CCC(N3CCc4cc(OC)ccc4NC3=O)CC2)c1=O. The molecule has 2 aliphatic heterocycles. The predicted octanol–water partition coefficient (Wildman–Crippen LogP) is 4.28. The minimum atomic E-state index is -0.623. The van der Waals surface area contributed by atoms with E-state index in [1.54, 1.807) is 37.1 Å². The van der Waals surface area contributed by atoms with Gasteiger partial charge in [0.1, 0.15) is 12.3 Å². The van der Waals surface area contributed by atoms with E-state index in [9.17, 15) is 19.2 Å². The summed E-state index contributed by atoms with van der Waals surface area (Å²) in [4.78, 5) is 57.1. The third kappa shape index (κ3) is 6.36. The number of urea groups is 1. The van der Waals surface area contributed by atoms with E-state index < -0.39 is 17.3 Å². The van der Waals surface area contributed by atoms with Gasteiger partial charge in [0.2, 0.25) is 5.91 Å². The van der Waals surface area contributed by atoms with Gasteiger partial charge in [-0.25, -0.2) is 9.59 Å². The third-order valence-electron chi connectivity index (χ3n) is 8.28. The number of rotatable bonds is 8. The number of piperidine rings is 1. The van der Waals surface area contributed by atoms with Crippen molar-refractivity contribution in [1.29, 1.82) is 0 Å². The Morgan fingerprint density at radius 1 is 1.05 bits per heavy atom. The second kappa shape index (κ2) is 13.5. The maximum absolute atomic E-state index is 13.5. The Hall–Kier alpha value is -3.80. The summed E-state index contributed by atoms with van der Waals surface area (Å²) in [5.74, 6) is 0.474. The normalized spacial score (nSPS) is 16.2. The third-order valence-corrected chi connectivity index (χ3v) is 9.10.